The van der Waals surface area contributed by atoms with Gasteiger partial charge in [0.1, 0.15) is 23.4 Å². The van der Waals surface area contributed by atoms with E-state index in [2.05, 4.69) is 6.92 Å². The number of ether oxygens (including phenoxy) is 5. The van der Waals surface area contributed by atoms with Crippen LogP contribution in [0.25, 0.3) is 0 Å². The molecular weight excluding hydrogens is 520 g/mol. The normalized spacial score (nSPS) is 62.5. The Morgan fingerprint density at radius 2 is 1.80 bits per heavy atom. The molecular formula is C30H38O10. The van der Waals surface area contributed by atoms with Gasteiger partial charge in [0.2, 0.25) is 0 Å². The second kappa shape index (κ2) is 7.39. The maximum atomic E-state index is 12.8. The second-order valence-electron chi connectivity index (χ2n) is 14.5. The summed E-state index contributed by atoms with van der Waals surface area (Å²) in [6.07, 6.45) is 1.29. The highest BCUT2D eigenvalue weighted by molar-refractivity contribution is 5.40. The summed E-state index contributed by atoms with van der Waals surface area (Å²) in [4.78, 5) is 11.7. The molecule has 5 heterocycles. The molecule has 0 radical (unpaired) electrons. The highest BCUT2D eigenvalue weighted by Crippen LogP contribution is 2.79. The van der Waals surface area contributed by atoms with Crippen LogP contribution in [0.1, 0.15) is 70.8 Å². The van der Waals surface area contributed by atoms with Crippen LogP contribution >= 0.6 is 0 Å². The van der Waals surface area contributed by atoms with Crippen molar-refractivity contribution in [2.45, 2.75) is 131 Å². The van der Waals surface area contributed by atoms with Crippen molar-refractivity contribution in [2.75, 3.05) is 0 Å². The third-order valence-electron chi connectivity index (χ3n) is 13.0. The van der Waals surface area contributed by atoms with Gasteiger partial charge in [-0.2, -0.15) is 0 Å². The molecule has 4 aliphatic carbocycles. The van der Waals surface area contributed by atoms with Gasteiger partial charge in [0, 0.05) is 30.2 Å². The van der Waals surface area contributed by atoms with Gasteiger partial charge in [-0.1, -0.05) is 13.8 Å². The van der Waals surface area contributed by atoms with Crippen molar-refractivity contribution in [1.29, 1.82) is 0 Å². The smallest absolute Gasteiger partial charge is 0.335 e. The first kappa shape index (κ1) is 25.2. The van der Waals surface area contributed by atoms with E-state index in [4.69, 9.17) is 28.1 Å². The van der Waals surface area contributed by atoms with Crippen LogP contribution in [0.5, 0.6) is 0 Å². The molecule has 3 N–H and O–H groups in total. The Labute approximate surface area is 231 Å². The van der Waals surface area contributed by atoms with E-state index in [-0.39, 0.29) is 42.4 Å². The van der Waals surface area contributed by atoms with Crippen LogP contribution in [0.2, 0.25) is 0 Å². The van der Waals surface area contributed by atoms with Crippen molar-refractivity contribution in [3.8, 4) is 0 Å². The maximum Gasteiger partial charge on any atom is 0.335 e. The van der Waals surface area contributed by atoms with Gasteiger partial charge in [0.25, 0.3) is 0 Å². The molecule has 1 aromatic heterocycles. The zero-order valence-electron chi connectivity index (χ0n) is 23.0. The first-order valence-electron chi connectivity index (χ1n) is 15.0. The monoisotopic (exact) mass is 558 g/mol. The maximum absolute atomic E-state index is 12.8. The Morgan fingerprint density at radius 3 is 2.58 bits per heavy atom. The summed E-state index contributed by atoms with van der Waals surface area (Å²) in [5.41, 5.74) is -3.77. The molecule has 4 saturated carbocycles. The van der Waals surface area contributed by atoms with E-state index in [0.717, 1.165) is 18.4 Å². The van der Waals surface area contributed by atoms with E-state index < -0.39 is 57.9 Å². The largest absolute Gasteiger partial charge is 0.431 e. The number of hydrogen-bond donors (Lipinski definition) is 3. The van der Waals surface area contributed by atoms with E-state index in [9.17, 15) is 20.1 Å². The molecule has 16 unspecified atom stereocenters. The van der Waals surface area contributed by atoms with Crippen LogP contribution < -0.4 is 5.63 Å². The lowest BCUT2D eigenvalue weighted by Crippen LogP contribution is -2.77. The topological polar surface area (TPSA) is 140 Å². The Bertz CT molecular complexity index is 1310. The Morgan fingerprint density at radius 1 is 1.00 bits per heavy atom. The molecule has 2 spiro atoms. The van der Waals surface area contributed by atoms with E-state index in [0.29, 0.717) is 25.7 Å². The molecule has 10 heteroatoms. The number of aliphatic hydroxyl groups is 3. The van der Waals surface area contributed by atoms with Crippen molar-refractivity contribution in [2.24, 2.45) is 22.7 Å². The Kier molecular flexibility index (Phi) is 4.65. The van der Waals surface area contributed by atoms with E-state index >= 15 is 0 Å². The highest BCUT2D eigenvalue weighted by Gasteiger charge is 2.89. The summed E-state index contributed by atoms with van der Waals surface area (Å²) in [6, 6.07) is 3.07. The van der Waals surface area contributed by atoms with Crippen molar-refractivity contribution in [1.82, 2.24) is 0 Å². The molecule has 4 aliphatic heterocycles. The van der Waals surface area contributed by atoms with Gasteiger partial charge in [-0.05, 0) is 61.5 Å². The van der Waals surface area contributed by atoms with Crippen LogP contribution in [0.15, 0.2) is 27.6 Å². The number of epoxide rings is 1. The predicted molar refractivity (Wildman–Crippen MR) is 135 cm³/mol. The average molecular weight is 559 g/mol. The summed E-state index contributed by atoms with van der Waals surface area (Å²) in [5.74, 6) is -1.68. The van der Waals surface area contributed by atoms with Crippen LogP contribution in [0, 0.1) is 22.7 Å². The minimum Gasteiger partial charge on any atom is -0.431 e. The lowest BCUT2D eigenvalue weighted by atomic mass is 9.41. The van der Waals surface area contributed by atoms with Gasteiger partial charge in [-0.3, -0.25) is 0 Å². The van der Waals surface area contributed by atoms with Crippen molar-refractivity contribution in [3.63, 3.8) is 0 Å². The van der Waals surface area contributed by atoms with Crippen LogP contribution in [-0.2, 0) is 23.7 Å². The Balaban J connectivity index is 1.12. The molecule has 1 aromatic rings. The Hall–Kier alpha value is -1.37. The molecule has 10 nitrogen and oxygen atoms in total. The average Bonchev–Trinajstić information content (AvgIpc) is 3.42. The third-order valence-corrected chi connectivity index (χ3v) is 13.0. The number of hydrogen-bond acceptors (Lipinski definition) is 10. The molecule has 40 heavy (non-hydrogen) atoms. The molecule has 9 rings (SSSR count). The van der Waals surface area contributed by atoms with Crippen LogP contribution in [-0.4, -0.2) is 81.3 Å². The van der Waals surface area contributed by atoms with Gasteiger partial charge in [0.15, 0.2) is 12.1 Å². The molecule has 2 bridgehead atoms. The minimum absolute atomic E-state index is 0.0162. The van der Waals surface area contributed by atoms with E-state index in [1.165, 1.54) is 12.3 Å². The van der Waals surface area contributed by atoms with Crippen molar-refractivity contribution < 1.29 is 43.4 Å². The zero-order valence-corrected chi connectivity index (χ0v) is 23.0. The quantitative estimate of drug-likeness (QED) is 0.344. The van der Waals surface area contributed by atoms with Crippen molar-refractivity contribution in [3.05, 3.63) is 34.4 Å². The minimum atomic E-state index is -1.39. The molecule has 218 valence electrons. The highest BCUT2D eigenvalue weighted by atomic mass is 16.8. The van der Waals surface area contributed by atoms with Gasteiger partial charge in [0.05, 0.1) is 36.8 Å². The zero-order chi connectivity index (χ0) is 27.6. The summed E-state index contributed by atoms with van der Waals surface area (Å²) in [5, 5.41) is 36.9. The second-order valence-corrected chi connectivity index (χ2v) is 14.5. The molecule has 0 amide bonds. The standard InChI is InChI=1S/C30H38O10/c1-13-8-17-22-25(36-13)37-18-9-15-10-19-30(39-19)23(26(15,2)12-28(18,38-17)40-22)21(32)24(33)27(3)16(6-7-29(27,30)34)14-4-5-20(31)35-11-14/h4-5,11,13,15-19,21-25,32-34H,6-10,12H2,1-3H3. The molecule has 8 aliphatic rings. The summed E-state index contributed by atoms with van der Waals surface area (Å²) < 4.78 is 37.8. The van der Waals surface area contributed by atoms with Gasteiger partial charge >= 0.3 is 5.63 Å². The van der Waals surface area contributed by atoms with Crippen LogP contribution in [0.3, 0.4) is 0 Å². The SMILES string of the molecule is CC1CC2OC34CC5(C)C(CC3OC(O1)C2O4)CC1OC12C5C(O)C(O)C1(C)C(c3ccc(=O)oc3)CCC12O. The molecule has 8 fully saturated rings. The fourth-order valence-corrected chi connectivity index (χ4v) is 11.3. The predicted octanol–water partition coefficient (Wildman–Crippen LogP) is 1.58. The van der Waals surface area contributed by atoms with Gasteiger partial charge in [-0.15, -0.1) is 0 Å². The molecule has 0 aromatic carbocycles. The molecule has 4 saturated heterocycles. The van der Waals surface area contributed by atoms with E-state index in [1.54, 1.807) is 6.07 Å². The van der Waals surface area contributed by atoms with Crippen molar-refractivity contribution >= 4 is 0 Å². The number of rotatable bonds is 1. The first-order valence-corrected chi connectivity index (χ1v) is 15.0. The fraction of sp³-hybridized carbons (Fsp3) is 0.833. The summed E-state index contributed by atoms with van der Waals surface area (Å²) in [7, 11) is 0. The lowest BCUT2D eigenvalue weighted by molar-refractivity contribution is -0.379. The number of aliphatic hydroxyl groups excluding tert-OH is 2. The van der Waals surface area contributed by atoms with Gasteiger partial charge < -0.3 is 43.4 Å². The van der Waals surface area contributed by atoms with E-state index in [1.807, 2.05) is 13.8 Å². The third kappa shape index (κ3) is 2.60. The molecule has 16 atom stereocenters. The summed E-state index contributed by atoms with van der Waals surface area (Å²) >= 11 is 0. The first-order chi connectivity index (χ1) is 19.0. The van der Waals surface area contributed by atoms with Gasteiger partial charge in [-0.25, -0.2) is 4.79 Å². The summed E-state index contributed by atoms with van der Waals surface area (Å²) in [6.45, 7) is 6.05. The lowest BCUT2D eigenvalue weighted by Gasteiger charge is -2.66. The fourth-order valence-electron chi connectivity index (χ4n) is 11.3. The number of fused-ring (bicyclic) bond motifs is 3. The van der Waals surface area contributed by atoms with Crippen LogP contribution in [0.4, 0.5) is 0 Å².